The van der Waals surface area contributed by atoms with Gasteiger partial charge in [0, 0.05) is 56.8 Å². The molecule has 0 bridgehead atoms. The van der Waals surface area contributed by atoms with Crippen molar-refractivity contribution in [3.05, 3.63) is 108 Å². The highest BCUT2D eigenvalue weighted by Gasteiger charge is 2.23. The zero-order valence-electron chi connectivity index (χ0n) is 24.3. The summed E-state index contributed by atoms with van der Waals surface area (Å²) in [5.41, 5.74) is 2.59. The fourth-order valence-corrected chi connectivity index (χ4v) is 5.25. The number of ketones is 1. The molecule has 2 amide bonds. The first-order valence-corrected chi connectivity index (χ1v) is 15.8. The molecule has 0 aliphatic carbocycles. The van der Waals surface area contributed by atoms with Gasteiger partial charge in [-0.15, -0.1) is 0 Å². The molecule has 2 aromatic heterocycles. The molecule has 1 N–H and O–H groups in total. The van der Waals surface area contributed by atoms with Crippen LogP contribution in [-0.2, 0) is 16.4 Å². The average molecular weight is 614 g/mol. The Bertz CT molecular complexity index is 1750. The molecule has 1 saturated heterocycles. The van der Waals surface area contributed by atoms with Crippen LogP contribution in [0.3, 0.4) is 0 Å². The predicted molar refractivity (Wildman–Crippen MR) is 164 cm³/mol. The molecule has 5 rings (SSSR count). The van der Waals surface area contributed by atoms with Gasteiger partial charge in [0.05, 0.1) is 22.3 Å². The van der Waals surface area contributed by atoms with Crippen LogP contribution in [-0.4, -0.2) is 78.2 Å². The summed E-state index contributed by atoms with van der Waals surface area (Å²) in [7, 11) is -3.23. The minimum Gasteiger partial charge on any atom is -0.439 e. The zero-order chi connectivity index (χ0) is 31.3. The van der Waals surface area contributed by atoms with Gasteiger partial charge in [0.2, 0.25) is 5.88 Å². The number of carbonyl (C=O) groups excluding carboxylic acids is 3. The van der Waals surface area contributed by atoms with Gasteiger partial charge in [-0.05, 0) is 67.1 Å². The number of anilines is 1. The summed E-state index contributed by atoms with van der Waals surface area (Å²) in [6.07, 6.45) is 4.02. The lowest BCUT2D eigenvalue weighted by atomic mass is 10.1. The lowest BCUT2D eigenvalue weighted by Gasteiger charge is -2.34. The lowest BCUT2D eigenvalue weighted by molar-refractivity contribution is 0.0622. The van der Waals surface area contributed by atoms with E-state index < -0.39 is 15.7 Å². The van der Waals surface area contributed by atoms with Crippen LogP contribution >= 0.6 is 0 Å². The van der Waals surface area contributed by atoms with Crippen LogP contribution in [0.4, 0.5) is 5.69 Å². The lowest BCUT2D eigenvalue weighted by Crippen LogP contribution is -2.48. The number of amides is 2. The first-order chi connectivity index (χ1) is 21.0. The second kappa shape index (κ2) is 13.1. The number of hydrogen-bond donors (Lipinski definition) is 1. The maximum Gasteiger partial charge on any atom is 0.272 e. The average Bonchev–Trinajstić information content (AvgIpc) is 3.02. The van der Waals surface area contributed by atoms with Gasteiger partial charge in [0.15, 0.2) is 15.6 Å². The van der Waals surface area contributed by atoms with E-state index in [4.69, 9.17) is 4.74 Å². The van der Waals surface area contributed by atoms with Crippen LogP contribution in [0.2, 0.25) is 0 Å². The molecular weight excluding hydrogens is 582 g/mol. The number of carbonyl (C=O) groups is 3. The highest BCUT2D eigenvalue weighted by Crippen LogP contribution is 2.22. The fraction of sp³-hybridized carbons (Fsp3) is 0.219. The van der Waals surface area contributed by atoms with E-state index in [1.165, 1.54) is 25.6 Å². The molecule has 2 aromatic carbocycles. The van der Waals surface area contributed by atoms with Crippen molar-refractivity contribution in [1.82, 2.24) is 19.8 Å². The Balaban J connectivity index is 1.10. The van der Waals surface area contributed by atoms with E-state index in [2.05, 4.69) is 20.2 Å². The second-order valence-corrected chi connectivity index (χ2v) is 12.5. The van der Waals surface area contributed by atoms with Crippen molar-refractivity contribution in [2.45, 2.75) is 18.4 Å². The van der Waals surface area contributed by atoms with Gasteiger partial charge in [0.25, 0.3) is 11.8 Å². The SMILES string of the molecule is CC(=O)c1ccc(Oc2ccc(NC(=O)c3ccc(C(=O)N4CCN(Cc5ccc(S(C)(=O)=O)cc5)CC4)nc3)cn2)cc1. The summed E-state index contributed by atoms with van der Waals surface area (Å²) in [5.74, 6) is 0.221. The number of nitrogens with zero attached hydrogens (tertiary/aromatic N) is 4. The first-order valence-electron chi connectivity index (χ1n) is 13.9. The molecule has 1 aliphatic rings. The molecule has 0 atom stereocenters. The number of rotatable bonds is 9. The Labute approximate surface area is 255 Å². The molecule has 4 aromatic rings. The standard InChI is InChI=1S/C32H31N5O6S/c1-22(38)24-5-9-27(10-6-24)43-30-14-8-26(20-34-30)35-31(39)25-7-13-29(33-19-25)32(40)37-17-15-36(16-18-37)21-23-3-11-28(12-4-23)44(2,41)42/h3-14,19-20H,15-18,21H2,1-2H3,(H,35,39). The predicted octanol–water partition coefficient (Wildman–Crippen LogP) is 4.09. The summed E-state index contributed by atoms with van der Waals surface area (Å²) < 4.78 is 29.0. The molecule has 44 heavy (non-hydrogen) atoms. The van der Waals surface area contributed by atoms with E-state index in [-0.39, 0.29) is 17.4 Å². The Hall–Kier alpha value is -4.94. The summed E-state index contributed by atoms with van der Waals surface area (Å²) in [5, 5.41) is 2.75. The van der Waals surface area contributed by atoms with Crippen molar-refractivity contribution in [3.8, 4) is 11.6 Å². The number of Topliss-reactive ketones (excluding diaryl/α,β-unsaturated/α-hetero) is 1. The quantitative estimate of drug-likeness (QED) is 0.277. The van der Waals surface area contributed by atoms with Crippen molar-refractivity contribution < 1.29 is 27.5 Å². The third-order valence-corrected chi connectivity index (χ3v) is 8.27. The minimum absolute atomic E-state index is 0.0316. The Morgan fingerprint density at radius 2 is 1.50 bits per heavy atom. The summed E-state index contributed by atoms with van der Waals surface area (Å²) >= 11 is 0. The number of aromatic nitrogens is 2. The molecule has 11 nitrogen and oxygen atoms in total. The minimum atomic E-state index is -3.23. The topological polar surface area (TPSA) is 139 Å². The largest absolute Gasteiger partial charge is 0.439 e. The van der Waals surface area contributed by atoms with E-state index in [0.717, 1.165) is 5.56 Å². The summed E-state index contributed by atoms with van der Waals surface area (Å²) in [4.78, 5) is 49.9. The van der Waals surface area contributed by atoms with Crippen molar-refractivity contribution in [3.63, 3.8) is 0 Å². The van der Waals surface area contributed by atoms with E-state index in [9.17, 15) is 22.8 Å². The van der Waals surface area contributed by atoms with E-state index in [0.29, 0.717) is 66.1 Å². The Morgan fingerprint density at radius 3 is 2.07 bits per heavy atom. The third kappa shape index (κ3) is 7.71. The van der Waals surface area contributed by atoms with Crippen molar-refractivity contribution >= 4 is 33.1 Å². The van der Waals surface area contributed by atoms with Crippen LogP contribution in [0.25, 0.3) is 0 Å². The number of sulfone groups is 1. The fourth-order valence-electron chi connectivity index (χ4n) is 4.62. The van der Waals surface area contributed by atoms with Gasteiger partial charge >= 0.3 is 0 Å². The van der Waals surface area contributed by atoms with Crippen molar-refractivity contribution in [2.24, 2.45) is 0 Å². The van der Waals surface area contributed by atoms with Crippen LogP contribution in [0.15, 0.2) is 90.1 Å². The van der Waals surface area contributed by atoms with Crippen molar-refractivity contribution in [2.75, 3.05) is 37.8 Å². The molecule has 0 radical (unpaired) electrons. The van der Waals surface area contributed by atoms with Gasteiger partial charge in [-0.3, -0.25) is 24.3 Å². The molecule has 1 aliphatic heterocycles. The van der Waals surface area contributed by atoms with Crippen LogP contribution in [0.1, 0.15) is 43.7 Å². The number of benzene rings is 2. The third-order valence-electron chi connectivity index (χ3n) is 7.14. The normalized spacial score (nSPS) is 13.7. The number of pyridine rings is 2. The molecule has 1 fully saturated rings. The summed E-state index contributed by atoms with van der Waals surface area (Å²) in [6.45, 7) is 4.55. The molecule has 0 saturated carbocycles. The molecule has 12 heteroatoms. The van der Waals surface area contributed by atoms with E-state index in [1.54, 1.807) is 65.6 Å². The van der Waals surface area contributed by atoms with Crippen LogP contribution < -0.4 is 10.1 Å². The molecule has 226 valence electrons. The van der Waals surface area contributed by atoms with Crippen molar-refractivity contribution in [1.29, 1.82) is 0 Å². The van der Waals surface area contributed by atoms with Gasteiger partial charge in [-0.1, -0.05) is 12.1 Å². The number of piperazine rings is 1. The second-order valence-electron chi connectivity index (χ2n) is 10.4. The van der Waals surface area contributed by atoms with E-state index >= 15 is 0 Å². The summed E-state index contributed by atoms with van der Waals surface area (Å²) in [6, 6.07) is 19.9. The van der Waals surface area contributed by atoms with E-state index in [1.807, 2.05) is 12.1 Å². The molecule has 0 spiro atoms. The van der Waals surface area contributed by atoms with Crippen LogP contribution in [0, 0.1) is 0 Å². The maximum absolute atomic E-state index is 13.0. The zero-order valence-corrected chi connectivity index (χ0v) is 25.1. The number of ether oxygens (including phenoxy) is 1. The Kier molecular flexibility index (Phi) is 9.12. The van der Waals surface area contributed by atoms with Gasteiger partial charge in [0.1, 0.15) is 11.4 Å². The van der Waals surface area contributed by atoms with Crippen LogP contribution in [0.5, 0.6) is 11.6 Å². The molecular formula is C32H31N5O6S. The first kappa shape index (κ1) is 30.5. The molecule has 0 unspecified atom stereocenters. The smallest absolute Gasteiger partial charge is 0.272 e. The molecule has 3 heterocycles. The highest BCUT2D eigenvalue weighted by atomic mass is 32.2. The van der Waals surface area contributed by atoms with Gasteiger partial charge in [-0.2, -0.15) is 0 Å². The number of nitrogens with one attached hydrogen (secondary N) is 1. The number of hydrogen-bond acceptors (Lipinski definition) is 9. The highest BCUT2D eigenvalue weighted by molar-refractivity contribution is 7.90. The van der Waals surface area contributed by atoms with Gasteiger partial charge < -0.3 is 15.0 Å². The monoisotopic (exact) mass is 613 g/mol. The Morgan fingerprint density at radius 1 is 0.818 bits per heavy atom. The maximum atomic E-state index is 13.0. The van der Waals surface area contributed by atoms with Gasteiger partial charge in [-0.25, -0.2) is 13.4 Å².